The van der Waals surface area contributed by atoms with Gasteiger partial charge in [-0.05, 0) is 42.2 Å². The first-order chi connectivity index (χ1) is 12.0. The Morgan fingerprint density at radius 2 is 1.80 bits per heavy atom. The highest BCUT2D eigenvalue weighted by Gasteiger charge is 2.26. The van der Waals surface area contributed by atoms with Crippen LogP contribution < -0.4 is 0 Å². The molecule has 6 heteroatoms. The third-order valence-electron chi connectivity index (χ3n) is 5.03. The van der Waals surface area contributed by atoms with Crippen LogP contribution in [-0.4, -0.2) is 79.2 Å². The van der Waals surface area contributed by atoms with Crippen LogP contribution >= 0.6 is 0 Å². The highest BCUT2D eigenvalue weighted by Crippen LogP contribution is 2.25. The average Bonchev–Trinajstić information content (AvgIpc) is 2.63. The second kappa shape index (κ2) is 7.54. The van der Waals surface area contributed by atoms with Crippen molar-refractivity contribution in [3.8, 4) is 0 Å². The van der Waals surface area contributed by atoms with Crippen molar-refractivity contribution in [2.45, 2.75) is 13.3 Å². The topological polar surface area (TPSA) is 30.0 Å². The fraction of sp³-hybridized carbons (Fsp3) is 0.526. The first-order valence-corrected chi connectivity index (χ1v) is 8.87. The second-order valence-corrected chi connectivity index (χ2v) is 6.97. The van der Waals surface area contributed by atoms with E-state index in [2.05, 4.69) is 16.1 Å². The molecule has 3 rings (SSSR count). The third-order valence-corrected chi connectivity index (χ3v) is 5.03. The number of piperazine rings is 1. The molecule has 1 saturated heterocycles. The molecule has 0 atom stereocenters. The van der Waals surface area contributed by atoms with Gasteiger partial charge in [0.2, 0.25) is 0 Å². The Bertz CT molecular complexity index is 665. The molecule has 0 spiro atoms. The molecular weight excluding hydrogens is 319 g/mol. The SMILES string of the molecule is Cc1cc(C2=CCN(N3CCN(C(=O)N(C)C)CC3)CC2)ccc1F. The maximum atomic E-state index is 13.4. The first-order valence-electron chi connectivity index (χ1n) is 8.87. The van der Waals surface area contributed by atoms with Crippen LogP contribution in [-0.2, 0) is 0 Å². The van der Waals surface area contributed by atoms with E-state index in [1.807, 2.05) is 24.0 Å². The first kappa shape index (κ1) is 17.9. The standard InChI is InChI=1S/C19H27FN4O/c1-15-14-17(4-5-18(15)20)16-6-8-23(9-7-16)24-12-10-22(11-13-24)19(25)21(2)3/h4-6,14H,7-13H2,1-3H3. The van der Waals surface area contributed by atoms with Gasteiger partial charge in [0.15, 0.2) is 0 Å². The molecule has 0 saturated carbocycles. The molecule has 1 fully saturated rings. The number of carbonyl (C=O) groups is 1. The lowest BCUT2D eigenvalue weighted by Crippen LogP contribution is -2.57. The quantitative estimate of drug-likeness (QED) is 0.824. The number of rotatable bonds is 2. The number of hydrogen-bond acceptors (Lipinski definition) is 3. The van der Waals surface area contributed by atoms with E-state index in [4.69, 9.17) is 0 Å². The Morgan fingerprint density at radius 1 is 1.08 bits per heavy atom. The predicted octanol–water partition coefficient (Wildman–Crippen LogP) is 2.44. The van der Waals surface area contributed by atoms with E-state index in [0.717, 1.165) is 51.3 Å². The summed E-state index contributed by atoms with van der Waals surface area (Å²) >= 11 is 0. The lowest BCUT2D eigenvalue weighted by atomic mass is 9.98. The zero-order valence-electron chi connectivity index (χ0n) is 15.3. The molecular formula is C19H27FN4O. The van der Waals surface area contributed by atoms with Gasteiger partial charge in [0.1, 0.15) is 5.82 Å². The summed E-state index contributed by atoms with van der Waals surface area (Å²) in [6.07, 6.45) is 3.20. The lowest BCUT2D eigenvalue weighted by Gasteiger charge is -2.42. The van der Waals surface area contributed by atoms with Crippen molar-refractivity contribution < 1.29 is 9.18 Å². The molecule has 2 amide bonds. The summed E-state index contributed by atoms with van der Waals surface area (Å²) in [5, 5.41) is 4.71. The van der Waals surface area contributed by atoms with Crippen molar-refractivity contribution in [1.29, 1.82) is 0 Å². The largest absolute Gasteiger partial charge is 0.331 e. The molecule has 1 aromatic carbocycles. The van der Waals surface area contributed by atoms with Crippen LogP contribution in [0.5, 0.6) is 0 Å². The average molecular weight is 346 g/mol. The van der Waals surface area contributed by atoms with Crippen molar-refractivity contribution in [3.05, 3.63) is 41.2 Å². The van der Waals surface area contributed by atoms with Crippen LogP contribution in [0.1, 0.15) is 17.5 Å². The molecule has 2 aliphatic rings. The molecule has 0 radical (unpaired) electrons. The van der Waals surface area contributed by atoms with Crippen molar-refractivity contribution in [1.82, 2.24) is 19.8 Å². The molecule has 25 heavy (non-hydrogen) atoms. The number of nitrogens with zero attached hydrogens (tertiary/aromatic N) is 4. The van der Waals surface area contributed by atoms with E-state index in [-0.39, 0.29) is 11.8 Å². The lowest BCUT2D eigenvalue weighted by molar-refractivity contribution is -0.0441. The Hall–Kier alpha value is -1.92. The zero-order valence-corrected chi connectivity index (χ0v) is 15.3. The van der Waals surface area contributed by atoms with Gasteiger partial charge in [-0.25, -0.2) is 19.2 Å². The van der Waals surface area contributed by atoms with E-state index in [1.54, 1.807) is 25.1 Å². The number of benzene rings is 1. The van der Waals surface area contributed by atoms with E-state index < -0.39 is 0 Å². The number of carbonyl (C=O) groups excluding carboxylic acids is 1. The Morgan fingerprint density at radius 3 is 2.36 bits per heavy atom. The van der Waals surface area contributed by atoms with Gasteiger partial charge in [0.05, 0.1) is 0 Å². The highest BCUT2D eigenvalue weighted by molar-refractivity contribution is 5.73. The maximum Gasteiger partial charge on any atom is 0.319 e. The molecule has 2 heterocycles. The van der Waals surface area contributed by atoms with Crippen molar-refractivity contribution in [2.75, 3.05) is 53.4 Å². The summed E-state index contributed by atoms with van der Waals surface area (Å²) in [5.41, 5.74) is 3.11. The van der Waals surface area contributed by atoms with Gasteiger partial charge in [-0.3, -0.25) is 0 Å². The van der Waals surface area contributed by atoms with E-state index in [9.17, 15) is 9.18 Å². The third kappa shape index (κ3) is 4.02. The number of hydrogen-bond donors (Lipinski definition) is 0. The molecule has 0 bridgehead atoms. The number of aryl methyl sites for hydroxylation is 1. The van der Waals surface area contributed by atoms with Crippen LogP contribution in [0.25, 0.3) is 5.57 Å². The number of halogens is 1. The molecule has 0 aromatic heterocycles. The Labute approximate surface area is 149 Å². The van der Waals surface area contributed by atoms with Crippen LogP contribution in [0, 0.1) is 12.7 Å². The van der Waals surface area contributed by atoms with Gasteiger partial charge in [0, 0.05) is 53.4 Å². The van der Waals surface area contributed by atoms with Crippen molar-refractivity contribution >= 4 is 11.6 Å². The Kier molecular flexibility index (Phi) is 5.39. The fourth-order valence-corrected chi connectivity index (χ4v) is 3.47. The summed E-state index contributed by atoms with van der Waals surface area (Å²) in [4.78, 5) is 15.6. The van der Waals surface area contributed by atoms with Crippen LogP contribution in [0.15, 0.2) is 24.3 Å². The molecule has 5 nitrogen and oxygen atoms in total. The van der Waals surface area contributed by atoms with Gasteiger partial charge in [0.25, 0.3) is 0 Å². The highest BCUT2D eigenvalue weighted by atomic mass is 19.1. The molecule has 0 unspecified atom stereocenters. The van der Waals surface area contributed by atoms with Crippen LogP contribution in [0.3, 0.4) is 0 Å². The molecule has 1 aromatic rings. The van der Waals surface area contributed by atoms with E-state index in [0.29, 0.717) is 5.56 Å². The Balaban J connectivity index is 1.56. The summed E-state index contributed by atoms with van der Waals surface area (Å²) in [6.45, 7) is 6.92. The van der Waals surface area contributed by atoms with Gasteiger partial charge in [-0.2, -0.15) is 0 Å². The number of amides is 2. The second-order valence-electron chi connectivity index (χ2n) is 6.97. The van der Waals surface area contributed by atoms with Gasteiger partial charge >= 0.3 is 6.03 Å². The molecule has 0 aliphatic carbocycles. The van der Waals surface area contributed by atoms with E-state index in [1.165, 1.54) is 5.57 Å². The maximum absolute atomic E-state index is 13.4. The van der Waals surface area contributed by atoms with Gasteiger partial charge in [-0.1, -0.05) is 12.1 Å². The summed E-state index contributed by atoms with van der Waals surface area (Å²) in [5.74, 6) is -0.146. The minimum absolute atomic E-state index is 0.0900. The minimum Gasteiger partial charge on any atom is -0.331 e. The van der Waals surface area contributed by atoms with Crippen LogP contribution in [0.2, 0.25) is 0 Å². The predicted molar refractivity (Wildman–Crippen MR) is 97.5 cm³/mol. The zero-order chi connectivity index (χ0) is 18.0. The normalized spacial score (nSPS) is 19.7. The fourth-order valence-electron chi connectivity index (χ4n) is 3.47. The summed E-state index contributed by atoms with van der Waals surface area (Å²) < 4.78 is 13.4. The molecule has 0 N–H and O–H groups in total. The number of hydrazine groups is 1. The summed E-state index contributed by atoms with van der Waals surface area (Å²) in [6, 6.07) is 5.45. The van der Waals surface area contributed by atoms with Crippen molar-refractivity contribution in [2.24, 2.45) is 0 Å². The smallest absolute Gasteiger partial charge is 0.319 e. The van der Waals surface area contributed by atoms with E-state index >= 15 is 0 Å². The summed E-state index contributed by atoms with van der Waals surface area (Å²) in [7, 11) is 3.59. The van der Waals surface area contributed by atoms with Gasteiger partial charge < -0.3 is 9.80 Å². The molecule has 2 aliphatic heterocycles. The monoisotopic (exact) mass is 346 g/mol. The van der Waals surface area contributed by atoms with Gasteiger partial charge in [-0.15, -0.1) is 0 Å². The molecule has 136 valence electrons. The minimum atomic E-state index is -0.146. The van der Waals surface area contributed by atoms with Crippen molar-refractivity contribution in [3.63, 3.8) is 0 Å². The van der Waals surface area contributed by atoms with Crippen LogP contribution in [0.4, 0.5) is 9.18 Å². The number of urea groups is 1.